The minimum absolute atomic E-state index is 0.00578. The molecule has 4 nitrogen and oxygen atoms in total. The molecule has 0 radical (unpaired) electrons. The van der Waals surface area contributed by atoms with E-state index in [4.69, 9.17) is 23.2 Å². The Balaban J connectivity index is 1.62. The van der Waals surface area contributed by atoms with Crippen molar-refractivity contribution in [3.8, 4) is 0 Å². The molecule has 25 heavy (non-hydrogen) atoms. The fourth-order valence-electron chi connectivity index (χ4n) is 3.61. The van der Waals surface area contributed by atoms with E-state index in [9.17, 15) is 9.35 Å². The topological polar surface area (TPSA) is 64.5 Å². The van der Waals surface area contributed by atoms with Crippen molar-refractivity contribution in [3.05, 3.63) is 33.8 Å². The number of halogens is 2. The fourth-order valence-corrected chi connectivity index (χ4v) is 4.63. The average Bonchev–Trinajstić information content (AvgIpc) is 2.42. The molecule has 3 fully saturated rings. The molecule has 0 aliphatic heterocycles. The highest BCUT2D eigenvalue weighted by Crippen LogP contribution is 2.68. The first-order chi connectivity index (χ1) is 11.5. The molecule has 3 aliphatic rings. The van der Waals surface area contributed by atoms with Crippen LogP contribution >= 0.6 is 23.2 Å². The molecule has 1 aromatic carbocycles. The monoisotopic (exact) mass is 400 g/mol. The summed E-state index contributed by atoms with van der Waals surface area (Å²) < 4.78 is 16.3. The molecular weight excluding hydrogens is 379 g/mol. The van der Waals surface area contributed by atoms with Crippen molar-refractivity contribution in [1.29, 1.82) is 0 Å². The summed E-state index contributed by atoms with van der Waals surface area (Å²) in [6.07, 6.45) is 2.55. The van der Waals surface area contributed by atoms with Gasteiger partial charge in [-0.3, -0.25) is 4.79 Å². The Bertz CT molecular complexity index is 738. The lowest BCUT2D eigenvalue weighted by molar-refractivity contribution is -0.0927. The molecule has 3 saturated carbocycles. The van der Waals surface area contributed by atoms with E-state index in [-0.39, 0.29) is 21.6 Å². The number of hydrogen-bond acceptors (Lipinski definition) is 3. The number of carbonyl (C=O) groups excluding carboxylic acids is 1. The van der Waals surface area contributed by atoms with Gasteiger partial charge in [0.2, 0.25) is 0 Å². The first-order valence-electron chi connectivity index (χ1n) is 8.22. The molecule has 1 N–H and O–H groups in total. The van der Waals surface area contributed by atoms with Crippen LogP contribution < -0.4 is 5.32 Å². The van der Waals surface area contributed by atoms with Crippen molar-refractivity contribution in [2.24, 2.45) is 9.81 Å². The molecule has 1 atom stereocenters. The zero-order valence-corrected chi connectivity index (χ0v) is 17.1. The van der Waals surface area contributed by atoms with E-state index in [1.807, 2.05) is 27.7 Å². The van der Waals surface area contributed by atoms with Crippen LogP contribution in [-0.2, 0) is 11.4 Å². The van der Waals surface area contributed by atoms with E-state index in [1.165, 1.54) is 0 Å². The van der Waals surface area contributed by atoms with Crippen LogP contribution in [0.5, 0.6) is 0 Å². The second kappa shape index (κ2) is 6.15. The van der Waals surface area contributed by atoms with E-state index in [0.717, 1.165) is 25.0 Å². The highest BCUT2D eigenvalue weighted by Gasteiger charge is 2.70. The van der Waals surface area contributed by atoms with Crippen LogP contribution in [-0.4, -0.2) is 26.5 Å². The molecule has 1 aromatic rings. The van der Waals surface area contributed by atoms with E-state index < -0.39 is 11.4 Å². The summed E-state index contributed by atoms with van der Waals surface area (Å²) in [5.74, 6) is -0.139. The van der Waals surface area contributed by atoms with Crippen LogP contribution in [0.2, 0.25) is 10.0 Å². The summed E-state index contributed by atoms with van der Waals surface area (Å²) >= 11 is 10.6. The summed E-state index contributed by atoms with van der Waals surface area (Å²) in [6.45, 7) is 7.70. The van der Waals surface area contributed by atoms with Gasteiger partial charge in [-0.1, -0.05) is 27.6 Å². The predicted octanol–water partition coefficient (Wildman–Crippen LogP) is 4.57. The van der Waals surface area contributed by atoms with Gasteiger partial charge in [-0.2, -0.15) is 0 Å². The van der Waals surface area contributed by atoms with Crippen molar-refractivity contribution in [2.45, 2.75) is 57.2 Å². The molecule has 0 saturated heterocycles. The first kappa shape index (κ1) is 19.0. The van der Waals surface area contributed by atoms with Gasteiger partial charge in [-0.15, -0.1) is 0 Å². The van der Waals surface area contributed by atoms with Crippen LogP contribution in [0.25, 0.3) is 0 Å². The summed E-state index contributed by atoms with van der Waals surface area (Å²) in [4.78, 5) is 12.4. The minimum Gasteiger partial charge on any atom is -0.591 e. The third kappa shape index (κ3) is 3.44. The van der Waals surface area contributed by atoms with Gasteiger partial charge in [0.1, 0.15) is 16.1 Å². The fraction of sp³-hybridized carbons (Fsp3) is 0.556. The Hall–Kier alpha value is -0.750. The van der Waals surface area contributed by atoms with Crippen molar-refractivity contribution >= 4 is 46.2 Å². The number of rotatable bonds is 4. The molecule has 0 aromatic heterocycles. The van der Waals surface area contributed by atoms with Gasteiger partial charge >= 0.3 is 0 Å². The third-order valence-electron chi connectivity index (χ3n) is 5.10. The van der Waals surface area contributed by atoms with Crippen LogP contribution in [0.3, 0.4) is 0 Å². The average molecular weight is 401 g/mol. The van der Waals surface area contributed by atoms with Gasteiger partial charge in [0.25, 0.3) is 5.91 Å². The third-order valence-corrected chi connectivity index (χ3v) is 7.33. The lowest BCUT2D eigenvalue weighted by atomic mass is 9.38. The predicted molar refractivity (Wildman–Crippen MR) is 104 cm³/mol. The normalized spacial score (nSPS) is 29.5. The van der Waals surface area contributed by atoms with Crippen molar-refractivity contribution in [3.63, 3.8) is 0 Å². The Morgan fingerprint density at radius 1 is 1.24 bits per heavy atom. The second-order valence-electron chi connectivity index (χ2n) is 8.21. The van der Waals surface area contributed by atoms with Crippen LogP contribution in [0, 0.1) is 5.41 Å². The molecule has 3 aliphatic carbocycles. The smallest absolute Gasteiger partial charge is 0.251 e. The molecule has 0 spiro atoms. The summed E-state index contributed by atoms with van der Waals surface area (Å²) in [6, 6.07) is 4.88. The molecular formula is C18H22Cl2N2O2S. The Labute approximate surface area is 161 Å². The maximum absolute atomic E-state index is 12.4. The van der Waals surface area contributed by atoms with Gasteiger partial charge in [0.15, 0.2) is 0 Å². The second-order valence-corrected chi connectivity index (χ2v) is 10.9. The van der Waals surface area contributed by atoms with Crippen LogP contribution in [0.15, 0.2) is 22.6 Å². The molecule has 1 amide bonds. The number of amides is 1. The standard InChI is InChI=1S/C18H22Cl2N2O2S/c1-11(22-25(24)16(2,3)4)17-8-18(9-17,10-17)21-15(23)12-5-6-13(19)14(20)7-12/h5-7H,8-10H2,1-4H3,(H,21,23)/b22-11-. The van der Waals surface area contributed by atoms with Gasteiger partial charge in [0.05, 0.1) is 15.8 Å². The summed E-state index contributed by atoms with van der Waals surface area (Å²) in [5.41, 5.74) is 1.29. The van der Waals surface area contributed by atoms with Gasteiger partial charge in [0, 0.05) is 16.5 Å². The number of nitrogens with one attached hydrogen (secondary N) is 1. The highest BCUT2D eigenvalue weighted by molar-refractivity contribution is 7.91. The van der Waals surface area contributed by atoms with E-state index >= 15 is 0 Å². The van der Waals surface area contributed by atoms with Crippen molar-refractivity contribution < 1.29 is 9.35 Å². The van der Waals surface area contributed by atoms with Crippen molar-refractivity contribution in [2.75, 3.05) is 0 Å². The molecule has 0 heterocycles. The minimum atomic E-state index is -1.24. The zero-order chi connectivity index (χ0) is 18.6. The summed E-state index contributed by atoms with van der Waals surface area (Å²) in [7, 11) is 0. The van der Waals surface area contributed by atoms with Crippen molar-refractivity contribution in [1.82, 2.24) is 5.32 Å². The maximum Gasteiger partial charge on any atom is 0.251 e. The number of nitrogens with zero attached hydrogens (tertiary/aromatic N) is 1. The lowest BCUT2D eigenvalue weighted by Gasteiger charge is -2.70. The summed E-state index contributed by atoms with van der Waals surface area (Å²) in [5, 5.41) is 3.92. The zero-order valence-electron chi connectivity index (χ0n) is 14.8. The van der Waals surface area contributed by atoms with Crippen LogP contribution in [0.4, 0.5) is 0 Å². The van der Waals surface area contributed by atoms with Crippen LogP contribution in [0.1, 0.15) is 57.3 Å². The van der Waals surface area contributed by atoms with E-state index in [1.54, 1.807) is 18.2 Å². The molecule has 1 unspecified atom stereocenters. The molecule has 2 bridgehead atoms. The van der Waals surface area contributed by atoms with E-state index in [2.05, 4.69) is 9.71 Å². The number of benzene rings is 1. The Morgan fingerprint density at radius 3 is 2.36 bits per heavy atom. The first-order valence-corrected chi connectivity index (χ1v) is 10.1. The largest absolute Gasteiger partial charge is 0.591 e. The molecule has 4 rings (SSSR count). The highest BCUT2D eigenvalue weighted by atomic mass is 35.5. The SMILES string of the molecule is C/C(=N/[S+]([O-])C(C)(C)C)C12CC(NC(=O)c3ccc(Cl)c(Cl)c3)(C1)C2. The Morgan fingerprint density at radius 2 is 1.84 bits per heavy atom. The van der Waals surface area contributed by atoms with Gasteiger partial charge in [-0.05, 0) is 65.2 Å². The molecule has 7 heteroatoms. The quantitative estimate of drug-likeness (QED) is 0.593. The van der Waals surface area contributed by atoms with Gasteiger partial charge < -0.3 is 9.87 Å². The number of hydrogen-bond donors (Lipinski definition) is 1. The molecule has 136 valence electrons. The maximum atomic E-state index is 12.4. The lowest BCUT2D eigenvalue weighted by Crippen LogP contribution is -2.76. The Kier molecular flexibility index (Phi) is 4.68. The van der Waals surface area contributed by atoms with E-state index in [0.29, 0.717) is 15.6 Å². The van der Waals surface area contributed by atoms with Gasteiger partial charge in [-0.25, -0.2) is 0 Å². The number of carbonyl (C=O) groups is 1.